The van der Waals surface area contributed by atoms with Gasteiger partial charge in [0.25, 0.3) is 0 Å². The summed E-state index contributed by atoms with van der Waals surface area (Å²) in [6.45, 7) is 1.63. The molecular formula is C14H33NO9. The van der Waals surface area contributed by atoms with Crippen molar-refractivity contribution in [1.82, 2.24) is 4.90 Å². The Kier molecular flexibility index (Phi) is 35.1. The van der Waals surface area contributed by atoms with Gasteiger partial charge < -0.3 is 35.5 Å². The standard InChI is InChI=1S/C6H11NO.C4H10O4.2C2H6O2/c8-6-7-4-2-1-3-5-7;5-1-3-7-8-4-2-6;2*3-1-2-4/h6H,1-5H2;5-6H,1-4H2;2*3-4H,1-2H2. The van der Waals surface area contributed by atoms with Gasteiger partial charge in [-0.15, -0.1) is 0 Å². The van der Waals surface area contributed by atoms with Crippen molar-refractivity contribution in [3.05, 3.63) is 0 Å². The molecule has 24 heavy (non-hydrogen) atoms. The second-order valence-electron chi connectivity index (χ2n) is 4.19. The van der Waals surface area contributed by atoms with Crippen LogP contribution < -0.4 is 0 Å². The molecule has 10 heteroatoms. The molecule has 0 aromatic carbocycles. The lowest BCUT2D eigenvalue weighted by molar-refractivity contribution is -0.300. The number of likely N-dealkylation sites (tertiary alicyclic amines) is 1. The zero-order valence-electron chi connectivity index (χ0n) is 14.1. The molecule has 0 unspecified atom stereocenters. The van der Waals surface area contributed by atoms with E-state index >= 15 is 0 Å². The molecule has 0 aromatic rings. The topological polar surface area (TPSA) is 160 Å². The van der Waals surface area contributed by atoms with E-state index in [4.69, 9.17) is 30.6 Å². The first-order chi connectivity index (χ1) is 11.7. The van der Waals surface area contributed by atoms with E-state index in [1.165, 1.54) is 19.3 Å². The van der Waals surface area contributed by atoms with Crippen LogP contribution in [0.25, 0.3) is 0 Å². The van der Waals surface area contributed by atoms with E-state index < -0.39 is 0 Å². The number of carbonyl (C=O) groups is 1. The monoisotopic (exact) mass is 359 g/mol. The predicted molar refractivity (Wildman–Crippen MR) is 85.9 cm³/mol. The molecule has 1 aliphatic heterocycles. The molecule has 0 bridgehead atoms. The number of piperidine rings is 1. The summed E-state index contributed by atoms with van der Waals surface area (Å²) in [6.07, 6.45) is 4.63. The number of hydrogen-bond donors (Lipinski definition) is 6. The van der Waals surface area contributed by atoms with Crippen LogP contribution in [0.4, 0.5) is 0 Å². The van der Waals surface area contributed by atoms with Gasteiger partial charge in [0.05, 0.1) is 39.6 Å². The molecule has 1 heterocycles. The molecule has 0 saturated carbocycles. The van der Waals surface area contributed by atoms with Crippen molar-refractivity contribution in [1.29, 1.82) is 0 Å². The highest BCUT2D eigenvalue weighted by molar-refractivity contribution is 5.46. The first-order valence-corrected chi connectivity index (χ1v) is 7.77. The molecule has 1 amide bonds. The van der Waals surface area contributed by atoms with E-state index in [2.05, 4.69) is 9.78 Å². The normalized spacial score (nSPS) is 12.7. The summed E-state index contributed by atoms with van der Waals surface area (Å²) in [4.78, 5) is 20.5. The molecule has 1 fully saturated rings. The Morgan fingerprint density at radius 1 is 0.667 bits per heavy atom. The zero-order chi connectivity index (χ0) is 18.9. The van der Waals surface area contributed by atoms with Crippen molar-refractivity contribution in [2.45, 2.75) is 19.3 Å². The number of aliphatic hydroxyl groups is 6. The summed E-state index contributed by atoms with van der Waals surface area (Å²) in [5.41, 5.74) is 0. The van der Waals surface area contributed by atoms with Crippen molar-refractivity contribution >= 4 is 6.41 Å². The minimum Gasteiger partial charge on any atom is -0.394 e. The van der Waals surface area contributed by atoms with E-state index in [-0.39, 0.29) is 52.9 Å². The van der Waals surface area contributed by atoms with Gasteiger partial charge in [0.15, 0.2) is 0 Å². The third-order valence-corrected chi connectivity index (χ3v) is 2.17. The molecular weight excluding hydrogens is 326 g/mol. The third-order valence-electron chi connectivity index (χ3n) is 2.17. The van der Waals surface area contributed by atoms with Crippen molar-refractivity contribution in [3.63, 3.8) is 0 Å². The number of hydrogen-bond acceptors (Lipinski definition) is 9. The van der Waals surface area contributed by atoms with E-state index in [1.54, 1.807) is 0 Å². The molecule has 0 aliphatic carbocycles. The van der Waals surface area contributed by atoms with Crippen LogP contribution >= 0.6 is 0 Å². The lowest BCUT2D eigenvalue weighted by Crippen LogP contribution is -2.27. The molecule has 1 rings (SSSR count). The van der Waals surface area contributed by atoms with Crippen LogP contribution in [-0.4, -0.2) is 108 Å². The smallest absolute Gasteiger partial charge is 0.209 e. The van der Waals surface area contributed by atoms with Gasteiger partial charge in [0.2, 0.25) is 6.41 Å². The maximum atomic E-state index is 10.1. The highest BCUT2D eigenvalue weighted by Crippen LogP contribution is 2.05. The molecule has 148 valence electrons. The third kappa shape index (κ3) is 32.9. The fourth-order valence-corrected chi connectivity index (χ4v) is 1.22. The molecule has 6 N–H and O–H groups in total. The number of rotatable bonds is 8. The van der Waals surface area contributed by atoms with Crippen LogP contribution in [0.5, 0.6) is 0 Å². The quantitative estimate of drug-likeness (QED) is 0.119. The predicted octanol–water partition coefficient (Wildman–Crippen LogP) is -2.51. The van der Waals surface area contributed by atoms with E-state index in [1.807, 2.05) is 4.90 Å². The summed E-state index contributed by atoms with van der Waals surface area (Å²) < 4.78 is 0. The van der Waals surface area contributed by atoms with Crippen LogP contribution in [0.1, 0.15) is 19.3 Å². The largest absolute Gasteiger partial charge is 0.394 e. The number of aliphatic hydroxyl groups excluding tert-OH is 6. The van der Waals surface area contributed by atoms with Gasteiger partial charge >= 0.3 is 0 Å². The molecule has 1 saturated heterocycles. The zero-order valence-corrected chi connectivity index (χ0v) is 14.1. The van der Waals surface area contributed by atoms with E-state index in [9.17, 15) is 4.79 Å². The van der Waals surface area contributed by atoms with Crippen molar-refractivity contribution in [3.8, 4) is 0 Å². The first-order valence-electron chi connectivity index (χ1n) is 7.77. The summed E-state index contributed by atoms with van der Waals surface area (Å²) in [6, 6.07) is 0. The van der Waals surface area contributed by atoms with Gasteiger partial charge in [-0.3, -0.25) is 4.79 Å². The second kappa shape index (κ2) is 30.1. The van der Waals surface area contributed by atoms with Gasteiger partial charge in [-0.25, -0.2) is 9.78 Å². The Morgan fingerprint density at radius 3 is 1.25 bits per heavy atom. The van der Waals surface area contributed by atoms with Gasteiger partial charge in [-0.05, 0) is 19.3 Å². The fraction of sp³-hybridized carbons (Fsp3) is 0.929. The Bertz CT molecular complexity index is 191. The summed E-state index contributed by atoms with van der Waals surface area (Å²) in [7, 11) is 0. The average molecular weight is 359 g/mol. The number of carbonyl (C=O) groups excluding carboxylic acids is 1. The van der Waals surface area contributed by atoms with Gasteiger partial charge in [-0.1, -0.05) is 0 Å². The molecule has 10 nitrogen and oxygen atoms in total. The number of amides is 1. The van der Waals surface area contributed by atoms with Crippen LogP contribution in [0.2, 0.25) is 0 Å². The molecule has 0 spiro atoms. The average Bonchev–Trinajstić information content (AvgIpc) is 2.67. The lowest BCUT2D eigenvalue weighted by Gasteiger charge is -2.21. The minimum absolute atomic E-state index is 0.0641. The van der Waals surface area contributed by atoms with Crippen LogP contribution in [0.3, 0.4) is 0 Å². The SMILES string of the molecule is O=CN1CCCCC1.OCCO.OCCO.OCCOOCCO. The number of nitrogens with zero attached hydrogens (tertiary/aromatic N) is 1. The molecule has 1 aliphatic rings. The van der Waals surface area contributed by atoms with Gasteiger partial charge in [0.1, 0.15) is 13.2 Å². The molecule has 0 atom stereocenters. The second-order valence-corrected chi connectivity index (χ2v) is 4.19. The Morgan fingerprint density at radius 2 is 1.04 bits per heavy atom. The highest BCUT2D eigenvalue weighted by atomic mass is 17.2. The van der Waals surface area contributed by atoms with Crippen molar-refractivity contribution in [2.24, 2.45) is 0 Å². The molecule has 0 aromatic heterocycles. The van der Waals surface area contributed by atoms with Gasteiger partial charge in [-0.2, -0.15) is 0 Å². The minimum atomic E-state index is -0.125. The van der Waals surface area contributed by atoms with E-state index in [0.29, 0.717) is 0 Å². The maximum Gasteiger partial charge on any atom is 0.209 e. The Labute approximate surface area is 142 Å². The molecule has 0 radical (unpaired) electrons. The first kappa shape index (κ1) is 28.0. The fourth-order valence-electron chi connectivity index (χ4n) is 1.22. The van der Waals surface area contributed by atoms with E-state index in [0.717, 1.165) is 19.5 Å². The summed E-state index contributed by atoms with van der Waals surface area (Å²) in [5.74, 6) is 0. The van der Waals surface area contributed by atoms with Crippen molar-refractivity contribution < 1.29 is 45.2 Å². The lowest BCUT2D eigenvalue weighted by atomic mass is 10.1. The Balaban J connectivity index is -0.000000260. The maximum absolute atomic E-state index is 10.1. The summed E-state index contributed by atoms with van der Waals surface area (Å²) in [5, 5.41) is 46.7. The van der Waals surface area contributed by atoms with Crippen LogP contribution in [-0.2, 0) is 14.6 Å². The highest BCUT2D eigenvalue weighted by Gasteiger charge is 2.05. The van der Waals surface area contributed by atoms with Crippen LogP contribution in [0.15, 0.2) is 0 Å². The summed E-state index contributed by atoms with van der Waals surface area (Å²) >= 11 is 0. The van der Waals surface area contributed by atoms with Crippen molar-refractivity contribution in [2.75, 3.05) is 65.9 Å². The van der Waals surface area contributed by atoms with Gasteiger partial charge in [0, 0.05) is 13.1 Å². The Hall–Kier alpha value is -0.850. The van der Waals surface area contributed by atoms with Crippen LogP contribution in [0, 0.1) is 0 Å².